The third-order valence-corrected chi connectivity index (χ3v) is 4.36. The van der Waals surface area contributed by atoms with Crippen LogP contribution >= 0.6 is 15.9 Å². The SMILES string of the molecule is O=C(NCc1cc(Br)c[n+]([O-])c1)c1cccn(Cc2ccc(F)c(F)c2)c1=O. The maximum Gasteiger partial charge on any atom is 0.263 e. The first-order chi connectivity index (χ1) is 13.3. The highest BCUT2D eigenvalue weighted by molar-refractivity contribution is 9.10. The van der Waals surface area contributed by atoms with Gasteiger partial charge in [-0.1, -0.05) is 6.07 Å². The predicted octanol–water partition coefficient (Wildman–Crippen LogP) is 2.50. The second kappa shape index (κ2) is 8.30. The largest absolute Gasteiger partial charge is 0.619 e. The first-order valence-corrected chi connectivity index (χ1v) is 8.92. The molecule has 2 aromatic heterocycles. The highest BCUT2D eigenvalue weighted by atomic mass is 79.9. The Balaban J connectivity index is 1.77. The van der Waals surface area contributed by atoms with Gasteiger partial charge in [0.1, 0.15) is 5.56 Å². The van der Waals surface area contributed by atoms with Gasteiger partial charge in [0.25, 0.3) is 11.5 Å². The molecule has 0 bridgehead atoms. The van der Waals surface area contributed by atoms with Crippen LogP contribution in [0.15, 0.2) is 64.3 Å². The lowest BCUT2D eigenvalue weighted by Gasteiger charge is -2.09. The summed E-state index contributed by atoms with van der Waals surface area (Å²) in [4.78, 5) is 24.9. The van der Waals surface area contributed by atoms with E-state index >= 15 is 0 Å². The van der Waals surface area contributed by atoms with Crippen molar-refractivity contribution in [2.75, 3.05) is 0 Å². The van der Waals surface area contributed by atoms with Crippen molar-refractivity contribution in [1.82, 2.24) is 9.88 Å². The minimum absolute atomic E-state index is 0.0149. The summed E-state index contributed by atoms with van der Waals surface area (Å²) in [6, 6.07) is 7.89. The summed E-state index contributed by atoms with van der Waals surface area (Å²) in [6.07, 6.45) is 4.08. The van der Waals surface area contributed by atoms with Crippen LogP contribution in [0.5, 0.6) is 0 Å². The topological polar surface area (TPSA) is 78.0 Å². The van der Waals surface area contributed by atoms with Crippen molar-refractivity contribution in [3.05, 3.63) is 103 Å². The molecule has 0 aliphatic carbocycles. The normalized spacial score (nSPS) is 10.7. The van der Waals surface area contributed by atoms with Gasteiger partial charge in [-0.05, 0) is 51.8 Å². The van der Waals surface area contributed by atoms with E-state index in [1.807, 2.05) is 0 Å². The molecular weight excluding hydrogens is 436 g/mol. The van der Waals surface area contributed by atoms with Crippen LogP contribution in [0.1, 0.15) is 21.5 Å². The van der Waals surface area contributed by atoms with Crippen LogP contribution in [0.4, 0.5) is 8.78 Å². The quantitative estimate of drug-likeness (QED) is 0.480. The lowest BCUT2D eigenvalue weighted by Crippen LogP contribution is -2.33. The van der Waals surface area contributed by atoms with E-state index in [0.717, 1.165) is 12.1 Å². The number of carbonyl (C=O) groups excluding carboxylic acids is 1. The van der Waals surface area contributed by atoms with Crippen LogP contribution < -0.4 is 15.6 Å². The molecule has 0 aliphatic rings. The number of pyridine rings is 2. The zero-order valence-electron chi connectivity index (χ0n) is 14.4. The molecule has 9 heteroatoms. The fourth-order valence-corrected chi connectivity index (χ4v) is 3.11. The van der Waals surface area contributed by atoms with Gasteiger partial charge in [-0.2, -0.15) is 4.73 Å². The van der Waals surface area contributed by atoms with Crippen molar-refractivity contribution >= 4 is 21.8 Å². The van der Waals surface area contributed by atoms with E-state index in [0.29, 0.717) is 20.3 Å². The van der Waals surface area contributed by atoms with E-state index < -0.39 is 23.1 Å². The van der Waals surface area contributed by atoms with E-state index in [-0.39, 0.29) is 18.7 Å². The number of hydrogen-bond donors (Lipinski definition) is 1. The first kappa shape index (κ1) is 19.7. The molecule has 0 atom stereocenters. The van der Waals surface area contributed by atoms with Crippen LogP contribution in [0.25, 0.3) is 0 Å². The maximum atomic E-state index is 13.4. The fourth-order valence-electron chi connectivity index (χ4n) is 2.62. The summed E-state index contributed by atoms with van der Waals surface area (Å²) in [5, 5.41) is 14.0. The maximum absolute atomic E-state index is 13.4. The standard InChI is InChI=1S/C19H14BrF2N3O3/c20-14-6-13(10-25(28)11-14)8-23-18(26)15-2-1-5-24(19(15)27)9-12-3-4-16(21)17(22)7-12/h1-7,10-11H,8-9H2,(H,23,26). The molecule has 1 amide bonds. The zero-order valence-corrected chi connectivity index (χ0v) is 15.9. The minimum atomic E-state index is -1.01. The minimum Gasteiger partial charge on any atom is -0.619 e. The van der Waals surface area contributed by atoms with E-state index in [1.165, 1.54) is 41.4 Å². The summed E-state index contributed by atoms with van der Waals surface area (Å²) in [6.45, 7) is 0.0387. The number of carbonyl (C=O) groups is 1. The van der Waals surface area contributed by atoms with Crippen LogP contribution in [0, 0.1) is 16.8 Å². The number of benzene rings is 1. The van der Waals surface area contributed by atoms with Crippen molar-refractivity contribution in [2.45, 2.75) is 13.1 Å². The third kappa shape index (κ3) is 4.61. The molecule has 6 nitrogen and oxygen atoms in total. The molecule has 2 heterocycles. The monoisotopic (exact) mass is 449 g/mol. The van der Waals surface area contributed by atoms with E-state index in [9.17, 15) is 23.6 Å². The summed E-state index contributed by atoms with van der Waals surface area (Å²) in [5.41, 5.74) is 0.261. The summed E-state index contributed by atoms with van der Waals surface area (Å²) in [5.74, 6) is -2.60. The van der Waals surface area contributed by atoms with Gasteiger partial charge in [-0.3, -0.25) is 9.59 Å². The molecule has 144 valence electrons. The summed E-state index contributed by atoms with van der Waals surface area (Å²) < 4.78 is 28.8. The molecule has 0 radical (unpaired) electrons. The molecule has 28 heavy (non-hydrogen) atoms. The molecular formula is C19H14BrF2N3O3. The Bertz CT molecular complexity index is 1080. The van der Waals surface area contributed by atoms with Crippen molar-refractivity contribution in [3.8, 4) is 0 Å². The van der Waals surface area contributed by atoms with Gasteiger partial charge in [0, 0.05) is 18.3 Å². The number of nitrogens with one attached hydrogen (secondary N) is 1. The number of rotatable bonds is 5. The van der Waals surface area contributed by atoms with E-state index in [1.54, 1.807) is 6.07 Å². The van der Waals surface area contributed by atoms with E-state index in [4.69, 9.17) is 0 Å². The molecule has 0 unspecified atom stereocenters. The molecule has 0 saturated heterocycles. The predicted molar refractivity (Wildman–Crippen MR) is 100 cm³/mol. The number of nitrogens with zero attached hydrogens (tertiary/aromatic N) is 2. The molecule has 0 spiro atoms. The average molecular weight is 450 g/mol. The average Bonchev–Trinajstić information content (AvgIpc) is 2.64. The fraction of sp³-hybridized carbons (Fsp3) is 0.105. The first-order valence-electron chi connectivity index (χ1n) is 8.13. The van der Waals surface area contributed by atoms with Crippen molar-refractivity contribution in [3.63, 3.8) is 0 Å². The molecule has 3 rings (SSSR count). The van der Waals surface area contributed by atoms with Gasteiger partial charge in [-0.15, -0.1) is 0 Å². The van der Waals surface area contributed by atoms with Crippen molar-refractivity contribution in [2.24, 2.45) is 0 Å². The van der Waals surface area contributed by atoms with Crippen molar-refractivity contribution in [1.29, 1.82) is 0 Å². The van der Waals surface area contributed by atoms with Gasteiger partial charge in [0.05, 0.1) is 11.0 Å². The number of amides is 1. The highest BCUT2D eigenvalue weighted by Gasteiger charge is 2.13. The molecule has 1 aromatic carbocycles. The summed E-state index contributed by atoms with van der Waals surface area (Å²) in [7, 11) is 0. The van der Waals surface area contributed by atoms with E-state index in [2.05, 4.69) is 21.2 Å². The Labute approximate surface area is 166 Å². The van der Waals surface area contributed by atoms with Crippen LogP contribution in [0.3, 0.4) is 0 Å². The van der Waals surface area contributed by atoms with Gasteiger partial charge in [0.15, 0.2) is 24.0 Å². The molecule has 0 saturated carbocycles. The van der Waals surface area contributed by atoms with Crippen LogP contribution in [0.2, 0.25) is 0 Å². The second-order valence-electron chi connectivity index (χ2n) is 6.01. The van der Waals surface area contributed by atoms with Gasteiger partial charge >= 0.3 is 0 Å². The second-order valence-corrected chi connectivity index (χ2v) is 6.92. The molecule has 1 N–H and O–H groups in total. The van der Waals surface area contributed by atoms with Crippen LogP contribution in [-0.2, 0) is 13.1 Å². The number of hydrogen-bond acceptors (Lipinski definition) is 3. The Hall–Kier alpha value is -3.07. The van der Waals surface area contributed by atoms with Gasteiger partial charge < -0.3 is 15.1 Å². The van der Waals surface area contributed by atoms with Gasteiger partial charge in [0.2, 0.25) is 0 Å². The lowest BCUT2D eigenvalue weighted by molar-refractivity contribution is -0.606. The molecule has 0 fully saturated rings. The Morgan fingerprint density at radius 2 is 1.93 bits per heavy atom. The molecule has 0 aliphatic heterocycles. The molecule has 3 aromatic rings. The van der Waals surface area contributed by atoms with Gasteiger partial charge in [-0.25, -0.2) is 8.78 Å². The summed E-state index contributed by atoms with van der Waals surface area (Å²) >= 11 is 3.19. The highest BCUT2D eigenvalue weighted by Crippen LogP contribution is 2.10. The Morgan fingerprint density at radius 1 is 1.14 bits per heavy atom. The van der Waals surface area contributed by atoms with Crippen molar-refractivity contribution < 1.29 is 18.3 Å². The number of halogens is 3. The van der Waals surface area contributed by atoms with Crippen LogP contribution in [-0.4, -0.2) is 10.5 Å². The Kier molecular flexibility index (Phi) is 5.84. The Morgan fingerprint density at radius 3 is 2.64 bits per heavy atom. The zero-order chi connectivity index (χ0) is 20.3. The lowest BCUT2D eigenvalue weighted by atomic mass is 10.2. The third-order valence-electron chi connectivity index (χ3n) is 3.92. The smallest absolute Gasteiger partial charge is 0.263 e. The number of aromatic nitrogens is 2.